The molecule has 0 saturated heterocycles. The summed E-state index contributed by atoms with van der Waals surface area (Å²) in [7, 11) is 0. The van der Waals surface area contributed by atoms with Gasteiger partial charge in [-0.2, -0.15) is 0 Å². The zero-order chi connectivity index (χ0) is 30.1. The number of rotatable bonds is 22. The van der Waals surface area contributed by atoms with Gasteiger partial charge in [0.05, 0.1) is 12.6 Å². The quantitative estimate of drug-likeness (QED) is 0.0865. The topological polar surface area (TPSA) is 185 Å². The lowest BCUT2D eigenvalue weighted by molar-refractivity contribution is -0.137. The van der Waals surface area contributed by atoms with E-state index in [1.54, 1.807) is 0 Å². The number of ketones is 2. The summed E-state index contributed by atoms with van der Waals surface area (Å²) in [6, 6.07) is -1.22. The first-order chi connectivity index (χ1) is 18.9. The highest BCUT2D eigenvalue weighted by Gasteiger charge is 2.28. The average Bonchev–Trinajstić information content (AvgIpc) is 3.20. The van der Waals surface area contributed by atoms with E-state index in [-0.39, 0.29) is 48.7 Å². The van der Waals surface area contributed by atoms with Crippen molar-refractivity contribution in [2.45, 2.75) is 77.7 Å². The third-order valence-electron chi connectivity index (χ3n) is 6.43. The van der Waals surface area contributed by atoms with Crippen molar-refractivity contribution < 1.29 is 34.9 Å². The van der Waals surface area contributed by atoms with Crippen molar-refractivity contribution in [3.63, 3.8) is 0 Å². The number of Topliss-reactive ketones (excluding diaryl/α,β-unsaturated/α-hetero) is 2. The minimum absolute atomic E-state index is 0.0668. The highest BCUT2D eigenvalue weighted by Crippen LogP contribution is 2.16. The predicted molar refractivity (Wildman–Crippen MR) is 144 cm³/mol. The Kier molecular flexibility index (Phi) is 15.3. The number of aldehydes is 1. The van der Waals surface area contributed by atoms with Gasteiger partial charge in [0.1, 0.15) is 13.4 Å². The first kappa shape index (κ1) is 31.8. The number of hydrogen-bond acceptors (Lipinski definition) is 8. The molecule has 1 aliphatic heterocycles. The standard InChI is InChI=1S/C27H43N5O7/c1-19(2)25(22(35)18-20(26(38)30-15-17-33)8-6-14-31-27(28)39)29-13-7-10-21(34)9-4-3-5-16-32-23(36)11-12-24(32)37/h11-12,17,19-20,25,29H,3-10,13-16,18H2,1-2H3,(H,30,38)(H3,28,31,39)/t20-,25+/m1/s1/i17D. The molecule has 0 unspecified atom stereocenters. The molecule has 0 spiro atoms. The van der Waals surface area contributed by atoms with Gasteiger partial charge in [0, 0.05) is 50.4 Å². The van der Waals surface area contributed by atoms with E-state index in [1.165, 1.54) is 17.1 Å². The minimum atomic E-state index is -0.947. The van der Waals surface area contributed by atoms with E-state index in [0.29, 0.717) is 51.6 Å². The van der Waals surface area contributed by atoms with Gasteiger partial charge in [-0.05, 0) is 44.6 Å². The van der Waals surface area contributed by atoms with Crippen molar-refractivity contribution in [1.82, 2.24) is 20.9 Å². The number of urea groups is 1. The fourth-order valence-corrected chi connectivity index (χ4v) is 4.33. The Morgan fingerprint density at radius 3 is 2.26 bits per heavy atom. The van der Waals surface area contributed by atoms with Crippen LogP contribution in [0.15, 0.2) is 12.2 Å². The third-order valence-corrected chi connectivity index (χ3v) is 6.43. The van der Waals surface area contributed by atoms with Gasteiger partial charge in [-0.1, -0.05) is 20.3 Å². The van der Waals surface area contributed by atoms with Crippen molar-refractivity contribution in [3.05, 3.63) is 12.2 Å². The van der Waals surface area contributed by atoms with Crippen LogP contribution in [0, 0.1) is 11.8 Å². The Balaban J connectivity index is 2.42. The number of nitrogens with two attached hydrogens (primary N) is 1. The highest BCUT2D eigenvalue weighted by molar-refractivity contribution is 6.12. The molecule has 218 valence electrons. The van der Waals surface area contributed by atoms with Crippen LogP contribution in [0.1, 0.15) is 73.0 Å². The summed E-state index contributed by atoms with van der Waals surface area (Å²) in [5.41, 5.74) is 5.05. The van der Waals surface area contributed by atoms with Gasteiger partial charge < -0.3 is 26.5 Å². The fourth-order valence-electron chi connectivity index (χ4n) is 4.33. The summed E-state index contributed by atoms with van der Waals surface area (Å²) in [6.07, 6.45) is 5.54. The fraction of sp³-hybridized carbons (Fsp3) is 0.667. The van der Waals surface area contributed by atoms with E-state index in [0.717, 1.165) is 6.42 Å². The van der Waals surface area contributed by atoms with Gasteiger partial charge in [0.15, 0.2) is 5.78 Å². The van der Waals surface area contributed by atoms with Crippen LogP contribution < -0.4 is 21.7 Å². The average molecular weight is 551 g/mol. The molecule has 0 aromatic heterocycles. The number of hydrogen-bond donors (Lipinski definition) is 4. The summed E-state index contributed by atoms with van der Waals surface area (Å²) in [4.78, 5) is 83.9. The summed E-state index contributed by atoms with van der Waals surface area (Å²) >= 11 is 0. The predicted octanol–water partition coefficient (Wildman–Crippen LogP) is 0.774. The Hall–Kier alpha value is -3.41. The number of nitrogens with zero attached hydrogens (tertiary/aromatic N) is 1. The first-order valence-electron chi connectivity index (χ1n) is 14.0. The van der Waals surface area contributed by atoms with Crippen molar-refractivity contribution in [2.24, 2.45) is 17.6 Å². The molecule has 12 heteroatoms. The smallest absolute Gasteiger partial charge is 0.312 e. The molecule has 0 aromatic rings. The van der Waals surface area contributed by atoms with Gasteiger partial charge in [-0.15, -0.1) is 0 Å². The van der Waals surface area contributed by atoms with Crippen LogP contribution in [0.5, 0.6) is 0 Å². The van der Waals surface area contributed by atoms with Crippen LogP contribution in [0.3, 0.4) is 0 Å². The third kappa shape index (κ3) is 13.8. The molecule has 5 amide bonds. The van der Waals surface area contributed by atoms with Crippen LogP contribution in [0.4, 0.5) is 4.79 Å². The van der Waals surface area contributed by atoms with E-state index >= 15 is 0 Å². The summed E-state index contributed by atoms with van der Waals surface area (Å²) in [5.74, 6) is -1.98. The Bertz CT molecular complexity index is 936. The molecule has 0 fully saturated rings. The van der Waals surface area contributed by atoms with E-state index in [2.05, 4.69) is 16.0 Å². The zero-order valence-corrected chi connectivity index (χ0v) is 23.0. The molecule has 0 bridgehead atoms. The molecule has 0 radical (unpaired) electrons. The maximum absolute atomic E-state index is 13.1. The molecule has 1 rings (SSSR count). The Morgan fingerprint density at radius 2 is 1.64 bits per heavy atom. The lowest BCUT2D eigenvalue weighted by Crippen LogP contribution is -2.44. The monoisotopic (exact) mass is 550 g/mol. The summed E-state index contributed by atoms with van der Waals surface area (Å²) in [6.45, 7) is 4.34. The Labute approximate surface area is 231 Å². The van der Waals surface area contributed by atoms with Crippen LogP contribution in [0.2, 0.25) is 0 Å². The van der Waals surface area contributed by atoms with Gasteiger partial charge >= 0.3 is 6.03 Å². The maximum atomic E-state index is 13.1. The lowest BCUT2D eigenvalue weighted by Gasteiger charge is -2.24. The largest absolute Gasteiger partial charge is 0.352 e. The van der Waals surface area contributed by atoms with Gasteiger partial charge in [0.25, 0.3) is 11.8 Å². The van der Waals surface area contributed by atoms with Crippen molar-refractivity contribution >= 4 is 41.6 Å². The molecule has 39 heavy (non-hydrogen) atoms. The van der Waals surface area contributed by atoms with E-state index in [9.17, 15) is 33.6 Å². The molecule has 0 aliphatic carbocycles. The van der Waals surface area contributed by atoms with Gasteiger partial charge in [0.2, 0.25) is 5.91 Å². The first-order valence-corrected chi connectivity index (χ1v) is 13.5. The second-order valence-electron chi connectivity index (χ2n) is 9.95. The molecular formula is C27H43N5O7. The Morgan fingerprint density at radius 1 is 0.974 bits per heavy atom. The highest BCUT2D eigenvalue weighted by atomic mass is 16.2. The minimum Gasteiger partial charge on any atom is -0.352 e. The van der Waals surface area contributed by atoms with Crippen LogP contribution in [-0.4, -0.2) is 78.7 Å². The van der Waals surface area contributed by atoms with E-state index < -0.39 is 36.7 Å². The second-order valence-corrected chi connectivity index (χ2v) is 9.95. The number of carbonyl (C=O) groups is 7. The second kappa shape index (κ2) is 18.8. The normalized spacial score (nSPS) is 14.7. The number of amides is 5. The number of unbranched alkanes of at least 4 members (excludes halogenated alkanes) is 2. The molecule has 12 nitrogen and oxygen atoms in total. The molecule has 0 aromatic carbocycles. The molecule has 1 heterocycles. The van der Waals surface area contributed by atoms with E-state index in [4.69, 9.17) is 7.10 Å². The summed E-state index contributed by atoms with van der Waals surface area (Å²) in [5, 5.41) is 8.01. The number of imide groups is 1. The number of carbonyl (C=O) groups excluding carboxylic acids is 7. The summed E-state index contributed by atoms with van der Waals surface area (Å²) < 4.78 is 6.98. The van der Waals surface area contributed by atoms with Crippen LogP contribution in [0.25, 0.3) is 0 Å². The van der Waals surface area contributed by atoms with Crippen molar-refractivity contribution in [3.8, 4) is 0 Å². The van der Waals surface area contributed by atoms with Crippen LogP contribution >= 0.6 is 0 Å². The van der Waals surface area contributed by atoms with Crippen LogP contribution in [-0.2, 0) is 28.8 Å². The molecule has 0 saturated carbocycles. The van der Waals surface area contributed by atoms with E-state index in [1.807, 2.05) is 13.8 Å². The van der Waals surface area contributed by atoms with Gasteiger partial charge in [-0.3, -0.25) is 28.9 Å². The van der Waals surface area contributed by atoms with Crippen molar-refractivity contribution in [1.29, 1.82) is 0 Å². The number of nitrogens with one attached hydrogen (secondary N) is 3. The van der Waals surface area contributed by atoms with Gasteiger partial charge in [-0.25, -0.2) is 4.79 Å². The SMILES string of the molecule is [2H]C(=O)CNC(=O)[C@H](CCCNC(N)=O)CC(=O)[C@@H](NCCCC(=O)CCCCCN1C(=O)C=CC1=O)C(C)C. The number of primary amides is 1. The van der Waals surface area contributed by atoms with Crippen molar-refractivity contribution in [2.75, 3.05) is 26.2 Å². The molecule has 2 atom stereocenters. The lowest BCUT2D eigenvalue weighted by atomic mass is 9.89. The maximum Gasteiger partial charge on any atom is 0.312 e. The molecular weight excluding hydrogens is 506 g/mol. The zero-order valence-electron chi connectivity index (χ0n) is 24.0. The molecule has 1 aliphatic rings. The molecule has 5 N–H and O–H groups in total.